The Balaban J connectivity index is 1.81. The average Bonchev–Trinajstić information content (AvgIpc) is 2.57. The molecule has 0 aliphatic heterocycles. The fourth-order valence-electron chi connectivity index (χ4n) is 1.95. The molecule has 2 aromatic carbocycles. The topological polar surface area (TPSA) is 112 Å². The number of pyridine rings is 1. The van der Waals surface area contributed by atoms with E-state index in [4.69, 9.17) is 4.55 Å². The van der Waals surface area contributed by atoms with Crippen molar-refractivity contribution in [2.24, 2.45) is 9.24 Å². The van der Waals surface area contributed by atoms with Crippen molar-refractivity contribution >= 4 is 31.2 Å². The molecule has 0 unspecified atom stereocenters. The van der Waals surface area contributed by atoms with Crippen molar-refractivity contribution in [1.82, 2.24) is 4.98 Å². The molecule has 0 aliphatic rings. The maximum absolute atomic E-state index is 11.0. The van der Waals surface area contributed by atoms with Gasteiger partial charge in [0.05, 0.1) is 0 Å². The van der Waals surface area contributed by atoms with Crippen LogP contribution in [0.3, 0.4) is 0 Å². The Morgan fingerprint density at radius 2 is 1.79 bits per heavy atom. The first-order valence-electron chi connectivity index (χ1n) is 6.57. The molecule has 1 aromatic heterocycles. The predicted octanol–water partition coefficient (Wildman–Crippen LogP) is 2.59. The molecule has 3 rings (SSSR count). The zero-order valence-electron chi connectivity index (χ0n) is 12.0. The summed E-state index contributed by atoms with van der Waals surface area (Å²) in [6, 6.07) is 12.2. The normalized spacial score (nSPS) is 12.2. The number of hydrogen-bond donors (Lipinski definition) is 2. The zero-order valence-corrected chi connectivity index (χ0v) is 13.7. The fourth-order valence-corrected chi connectivity index (χ4v) is 2.99. The summed E-state index contributed by atoms with van der Waals surface area (Å²) in [5.74, 6) is 0.0667. The number of aromatic hydroxyl groups is 1. The number of phenols is 1. The Bertz CT molecular complexity index is 1020. The Morgan fingerprint density at radius 1 is 1.04 bits per heavy atom. The van der Waals surface area contributed by atoms with Crippen molar-refractivity contribution < 1.29 is 33.3 Å². The number of nitrogens with zero attached hydrogens (tertiary/aromatic N) is 3. The van der Waals surface area contributed by atoms with Gasteiger partial charge in [0.25, 0.3) is 0 Å². The molecule has 0 fully saturated rings. The molecule has 0 saturated heterocycles. The van der Waals surface area contributed by atoms with E-state index in [1.54, 1.807) is 24.4 Å². The van der Waals surface area contributed by atoms with E-state index in [0.29, 0.717) is 21.1 Å². The third-order valence-corrected chi connectivity index (χ3v) is 4.67. The summed E-state index contributed by atoms with van der Waals surface area (Å²) < 4.78 is 35.5. The summed E-state index contributed by atoms with van der Waals surface area (Å²) in [6.45, 7) is 0. The van der Waals surface area contributed by atoms with Gasteiger partial charge >= 0.3 is 144 Å². The van der Waals surface area contributed by atoms with Gasteiger partial charge in [-0.1, -0.05) is 0 Å². The van der Waals surface area contributed by atoms with Gasteiger partial charge in [0.1, 0.15) is 0 Å². The molecule has 127 valence electrons. The molecule has 3 aromatic rings. The van der Waals surface area contributed by atoms with E-state index in [1.165, 1.54) is 30.3 Å². The average molecular weight is 393 g/mol. The summed E-state index contributed by atoms with van der Waals surface area (Å²) in [6.07, 6.45) is 1.58. The molecule has 24 heavy (non-hydrogen) atoms. The second kappa shape index (κ2) is 6.66. The molecular formula is C15H11CuN3O4S. The first kappa shape index (κ1) is 16.5. The number of aromatic nitrogens is 1. The van der Waals surface area contributed by atoms with Crippen LogP contribution in [0.25, 0.3) is 10.9 Å². The number of hydrogen-bond acceptors (Lipinski definition) is 6. The van der Waals surface area contributed by atoms with Gasteiger partial charge in [-0.15, -0.1) is 0 Å². The molecule has 0 bridgehead atoms. The van der Waals surface area contributed by atoms with Crippen LogP contribution in [0.2, 0.25) is 0 Å². The standard InChI is InChI=1S/C9H6N3O.C6H5O3S.Cu/c10-12-7-3-4-8(13)9-6(7)2-1-5-11-9;7-10(8,9)6-4-2-1-3-5-6;/h1-5,13H;2-5H,(H,7,8,9);/q-1;;+1. The van der Waals surface area contributed by atoms with Gasteiger partial charge in [-0.25, -0.2) is 0 Å². The molecule has 1 heterocycles. The molecule has 0 atom stereocenters. The van der Waals surface area contributed by atoms with Crippen molar-refractivity contribution in [2.45, 2.75) is 4.90 Å². The van der Waals surface area contributed by atoms with Crippen LogP contribution in [0.1, 0.15) is 0 Å². The van der Waals surface area contributed by atoms with E-state index in [9.17, 15) is 13.5 Å². The van der Waals surface area contributed by atoms with Crippen LogP contribution in [-0.2, 0) is 25.3 Å². The Kier molecular flexibility index (Phi) is 4.59. The molecule has 0 spiro atoms. The van der Waals surface area contributed by atoms with Gasteiger partial charge in [0.2, 0.25) is 0 Å². The van der Waals surface area contributed by atoms with E-state index >= 15 is 0 Å². The molecule has 0 amide bonds. The first-order valence-corrected chi connectivity index (χ1v) is 8.90. The molecule has 0 aliphatic carbocycles. The van der Waals surface area contributed by atoms with Crippen molar-refractivity contribution in [2.75, 3.05) is 0 Å². The van der Waals surface area contributed by atoms with Crippen molar-refractivity contribution in [1.29, 1.82) is 0 Å². The molecular weight excluding hydrogens is 382 g/mol. The Hall–Kier alpha value is -2.32. The van der Waals surface area contributed by atoms with Crippen LogP contribution >= 0.6 is 0 Å². The second-order valence-corrected chi connectivity index (χ2v) is 6.98. The van der Waals surface area contributed by atoms with E-state index in [-0.39, 0.29) is 10.6 Å². The SMILES string of the molecule is O=S(=O)(O)c1cc[c]([Cu][N]=Nc2ccc(O)c3ncccc23)cc1. The predicted molar refractivity (Wildman–Crippen MR) is 83.8 cm³/mol. The zero-order chi connectivity index (χ0) is 17.2. The number of phenolic OH excluding ortho intramolecular Hbond substituents is 1. The third-order valence-electron chi connectivity index (χ3n) is 3.06. The minimum absolute atomic E-state index is 0.0667. The third kappa shape index (κ3) is 3.60. The summed E-state index contributed by atoms with van der Waals surface area (Å²) in [7, 11) is -4.21. The molecule has 0 saturated carbocycles. The second-order valence-electron chi connectivity index (χ2n) is 4.62. The Labute approximate surface area is 144 Å². The minimum atomic E-state index is -4.21. The van der Waals surface area contributed by atoms with Crippen LogP contribution in [0.4, 0.5) is 5.69 Å². The van der Waals surface area contributed by atoms with Crippen molar-refractivity contribution in [3.05, 3.63) is 54.7 Å². The van der Waals surface area contributed by atoms with E-state index in [0.717, 1.165) is 15.2 Å². The van der Waals surface area contributed by atoms with Crippen molar-refractivity contribution in [3.8, 4) is 5.75 Å². The first-order chi connectivity index (χ1) is 11.4. The number of rotatable bonds is 4. The molecule has 7 nitrogen and oxygen atoms in total. The van der Waals surface area contributed by atoms with Crippen LogP contribution in [0, 0.1) is 0 Å². The van der Waals surface area contributed by atoms with E-state index < -0.39 is 10.1 Å². The van der Waals surface area contributed by atoms with Gasteiger partial charge in [-0.3, -0.25) is 0 Å². The maximum atomic E-state index is 11.0. The molecule has 9 heteroatoms. The molecule has 0 radical (unpaired) electrons. The summed E-state index contributed by atoms with van der Waals surface area (Å²) in [4.78, 5) is 3.92. The summed E-state index contributed by atoms with van der Waals surface area (Å²) in [5, 5.41) is 14.6. The molecule has 2 N–H and O–H groups in total. The number of benzene rings is 2. The van der Waals surface area contributed by atoms with Gasteiger partial charge < -0.3 is 0 Å². The fraction of sp³-hybridized carbons (Fsp3) is 0. The Morgan fingerprint density at radius 3 is 2.50 bits per heavy atom. The van der Waals surface area contributed by atoms with Crippen LogP contribution in [0.15, 0.2) is 68.9 Å². The summed E-state index contributed by atoms with van der Waals surface area (Å²) >= 11 is 1.15. The quantitative estimate of drug-likeness (QED) is 0.402. The monoisotopic (exact) mass is 392 g/mol. The van der Waals surface area contributed by atoms with Crippen LogP contribution < -0.4 is 4.46 Å². The van der Waals surface area contributed by atoms with Gasteiger partial charge in [0.15, 0.2) is 0 Å². The van der Waals surface area contributed by atoms with Gasteiger partial charge in [-0.2, -0.15) is 0 Å². The van der Waals surface area contributed by atoms with E-state index in [1.807, 2.05) is 0 Å². The van der Waals surface area contributed by atoms with Gasteiger partial charge in [-0.05, 0) is 0 Å². The number of fused-ring (bicyclic) bond motifs is 1. The van der Waals surface area contributed by atoms with E-state index in [2.05, 4.69) is 14.2 Å². The van der Waals surface area contributed by atoms with Gasteiger partial charge in [0, 0.05) is 0 Å². The van der Waals surface area contributed by atoms with Crippen molar-refractivity contribution in [3.63, 3.8) is 0 Å². The summed E-state index contributed by atoms with van der Waals surface area (Å²) in [5.41, 5.74) is 0.991. The van der Waals surface area contributed by atoms with Crippen LogP contribution in [-0.4, -0.2) is 23.1 Å². The van der Waals surface area contributed by atoms with Crippen LogP contribution in [0.5, 0.6) is 5.75 Å².